The lowest BCUT2D eigenvalue weighted by molar-refractivity contribution is -0.155. The van der Waals surface area contributed by atoms with E-state index in [0.717, 1.165) is 0 Å². The van der Waals surface area contributed by atoms with E-state index in [1.54, 1.807) is 6.07 Å². The SMILES string of the molecule is N#CC(CNc1cccc(Cl)c1Cl)C(F)(F)F. The largest absolute Gasteiger partial charge is 0.406 e. The van der Waals surface area contributed by atoms with Gasteiger partial charge in [-0.25, -0.2) is 0 Å². The molecule has 0 spiro atoms. The molecule has 0 heterocycles. The molecule has 0 aromatic heterocycles. The van der Waals surface area contributed by atoms with Gasteiger partial charge in [0.15, 0.2) is 5.92 Å². The molecule has 1 unspecified atom stereocenters. The summed E-state index contributed by atoms with van der Waals surface area (Å²) in [6.45, 7) is -0.569. The Kier molecular flexibility index (Phi) is 4.49. The molecule has 0 saturated heterocycles. The number of hydrogen-bond donors (Lipinski definition) is 1. The van der Waals surface area contributed by atoms with Crippen molar-refractivity contribution in [2.24, 2.45) is 5.92 Å². The average molecular weight is 283 g/mol. The number of nitrogens with one attached hydrogen (secondary N) is 1. The van der Waals surface area contributed by atoms with Crippen LogP contribution >= 0.6 is 23.2 Å². The Morgan fingerprint density at radius 2 is 2.00 bits per heavy atom. The maximum atomic E-state index is 12.3. The van der Waals surface area contributed by atoms with Gasteiger partial charge in [-0.05, 0) is 12.1 Å². The van der Waals surface area contributed by atoms with E-state index >= 15 is 0 Å². The summed E-state index contributed by atoms with van der Waals surface area (Å²) in [6.07, 6.45) is -4.56. The molecule has 1 atom stereocenters. The number of nitrogens with zero attached hydrogens (tertiary/aromatic N) is 1. The van der Waals surface area contributed by atoms with Crippen LogP contribution in [0.2, 0.25) is 10.0 Å². The van der Waals surface area contributed by atoms with Crippen molar-refractivity contribution in [3.05, 3.63) is 28.2 Å². The Bertz CT molecular complexity index is 440. The van der Waals surface area contributed by atoms with E-state index in [0.29, 0.717) is 0 Å². The van der Waals surface area contributed by atoms with Gasteiger partial charge in [0.1, 0.15) is 0 Å². The second-order valence-electron chi connectivity index (χ2n) is 3.21. The molecule has 1 aromatic rings. The number of alkyl halides is 3. The number of nitriles is 1. The van der Waals surface area contributed by atoms with Crippen molar-refractivity contribution < 1.29 is 13.2 Å². The third kappa shape index (κ3) is 3.69. The van der Waals surface area contributed by atoms with Gasteiger partial charge in [0.2, 0.25) is 0 Å². The van der Waals surface area contributed by atoms with Crippen LogP contribution in [0.1, 0.15) is 0 Å². The minimum absolute atomic E-state index is 0.132. The van der Waals surface area contributed by atoms with E-state index < -0.39 is 18.6 Å². The van der Waals surface area contributed by atoms with Gasteiger partial charge >= 0.3 is 6.18 Å². The summed E-state index contributed by atoms with van der Waals surface area (Å²) in [7, 11) is 0. The predicted octanol–water partition coefficient (Wildman–Crippen LogP) is 4.11. The molecule has 1 aromatic carbocycles. The van der Waals surface area contributed by atoms with Crippen LogP contribution in [0.15, 0.2) is 18.2 Å². The molecular formula is C10H7Cl2F3N2. The molecule has 0 radical (unpaired) electrons. The van der Waals surface area contributed by atoms with Gasteiger partial charge in [-0.2, -0.15) is 18.4 Å². The van der Waals surface area contributed by atoms with E-state index in [9.17, 15) is 13.2 Å². The summed E-state index contributed by atoms with van der Waals surface area (Å²) >= 11 is 11.5. The van der Waals surface area contributed by atoms with Gasteiger partial charge in [-0.1, -0.05) is 29.3 Å². The Morgan fingerprint density at radius 1 is 1.35 bits per heavy atom. The summed E-state index contributed by atoms with van der Waals surface area (Å²) < 4.78 is 36.8. The maximum Gasteiger partial charge on any atom is 0.406 e. The zero-order chi connectivity index (χ0) is 13.1. The minimum Gasteiger partial charge on any atom is -0.382 e. The maximum absolute atomic E-state index is 12.3. The van der Waals surface area contributed by atoms with Gasteiger partial charge < -0.3 is 5.32 Å². The molecule has 2 nitrogen and oxygen atoms in total. The molecule has 1 rings (SSSR count). The summed E-state index contributed by atoms with van der Waals surface area (Å²) in [6, 6.07) is 5.73. The van der Waals surface area contributed by atoms with E-state index in [2.05, 4.69) is 5.32 Å². The third-order valence-electron chi connectivity index (χ3n) is 2.00. The van der Waals surface area contributed by atoms with Gasteiger partial charge in [0.05, 0.1) is 21.8 Å². The van der Waals surface area contributed by atoms with Crippen molar-refractivity contribution in [1.82, 2.24) is 0 Å². The fraction of sp³-hybridized carbons (Fsp3) is 0.300. The van der Waals surface area contributed by atoms with Crippen LogP contribution in [0.5, 0.6) is 0 Å². The highest BCUT2D eigenvalue weighted by Crippen LogP contribution is 2.31. The molecule has 92 valence electrons. The van der Waals surface area contributed by atoms with Crippen LogP contribution in [-0.4, -0.2) is 12.7 Å². The quantitative estimate of drug-likeness (QED) is 0.906. The monoisotopic (exact) mass is 282 g/mol. The van der Waals surface area contributed by atoms with Crippen LogP contribution in [0, 0.1) is 17.2 Å². The number of rotatable bonds is 3. The van der Waals surface area contributed by atoms with E-state index in [1.807, 2.05) is 0 Å². The van der Waals surface area contributed by atoms with Gasteiger partial charge in [0, 0.05) is 6.54 Å². The first-order valence-corrected chi connectivity index (χ1v) is 5.26. The van der Waals surface area contributed by atoms with Gasteiger partial charge in [-0.3, -0.25) is 0 Å². The lowest BCUT2D eigenvalue weighted by Gasteiger charge is -2.15. The first kappa shape index (κ1) is 13.9. The number of hydrogen-bond acceptors (Lipinski definition) is 2. The Labute approximate surface area is 106 Å². The lowest BCUT2D eigenvalue weighted by Crippen LogP contribution is -2.28. The topological polar surface area (TPSA) is 35.8 Å². The summed E-state index contributed by atoms with van der Waals surface area (Å²) in [5.41, 5.74) is 0.267. The van der Waals surface area contributed by atoms with E-state index in [4.69, 9.17) is 28.5 Å². The molecule has 0 fully saturated rings. The smallest absolute Gasteiger partial charge is 0.382 e. The number of anilines is 1. The molecule has 17 heavy (non-hydrogen) atoms. The van der Waals surface area contributed by atoms with Crippen molar-refractivity contribution in [3.8, 4) is 6.07 Å². The van der Waals surface area contributed by atoms with Crippen LogP contribution in [-0.2, 0) is 0 Å². The molecule has 0 amide bonds. The second-order valence-corrected chi connectivity index (χ2v) is 3.99. The molecule has 1 N–H and O–H groups in total. The molecule has 0 saturated carbocycles. The standard InChI is InChI=1S/C10H7Cl2F3N2/c11-7-2-1-3-8(9(7)12)17-5-6(4-16)10(13,14)15/h1-3,6,17H,5H2. The average Bonchev–Trinajstić information content (AvgIpc) is 2.23. The lowest BCUT2D eigenvalue weighted by atomic mass is 10.1. The number of halogens is 5. The fourth-order valence-corrected chi connectivity index (χ4v) is 1.45. The van der Waals surface area contributed by atoms with Crippen LogP contribution in [0.4, 0.5) is 18.9 Å². The molecule has 0 aliphatic carbocycles. The molecule has 7 heteroatoms. The highest BCUT2D eigenvalue weighted by atomic mass is 35.5. The first-order chi connectivity index (χ1) is 7.86. The Hall–Kier alpha value is -1.12. The Balaban J connectivity index is 2.74. The van der Waals surface area contributed by atoms with Crippen LogP contribution in [0.3, 0.4) is 0 Å². The first-order valence-electron chi connectivity index (χ1n) is 4.50. The highest BCUT2D eigenvalue weighted by molar-refractivity contribution is 6.43. The van der Waals surface area contributed by atoms with Crippen molar-refractivity contribution in [2.75, 3.05) is 11.9 Å². The van der Waals surface area contributed by atoms with Crippen molar-refractivity contribution in [3.63, 3.8) is 0 Å². The normalized spacial score (nSPS) is 12.9. The predicted molar refractivity (Wildman–Crippen MR) is 60.1 cm³/mol. The van der Waals surface area contributed by atoms with Crippen molar-refractivity contribution in [2.45, 2.75) is 6.18 Å². The summed E-state index contributed by atoms with van der Waals surface area (Å²) in [4.78, 5) is 0. The molecule has 0 aliphatic heterocycles. The highest BCUT2D eigenvalue weighted by Gasteiger charge is 2.39. The minimum atomic E-state index is -4.56. The Morgan fingerprint density at radius 3 is 2.53 bits per heavy atom. The summed E-state index contributed by atoms with van der Waals surface area (Å²) in [5.74, 6) is -2.09. The number of benzene rings is 1. The van der Waals surface area contributed by atoms with Crippen LogP contribution < -0.4 is 5.32 Å². The third-order valence-corrected chi connectivity index (χ3v) is 2.82. The van der Waals surface area contributed by atoms with Crippen molar-refractivity contribution >= 4 is 28.9 Å². The molecular weight excluding hydrogens is 276 g/mol. The summed E-state index contributed by atoms with van der Waals surface area (Å²) in [5, 5.41) is 11.2. The second kappa shape index (κ2) is 5.48. The zero-order valence-electron chi connectivity index (χ0n) is 8.35. The van der Waals surface area contributed by atoms with E-state index in [1.165, 1.54) is 18.2 Å². The fourth-order valence-electron chi connectivity index (χ4n) is 1.09. The van der Waals surface area contributed by atoms with Gasteiger partial charge in [0.25, 0.3) is 0 Å². The zero-order valence-corrected chi connectivity index (χ0v) is 9.87. The van der Waals surface area contributed by atoms with Crippen LogP contribution in [0.25, 0.3) is 0 Å². The molecule has 0 bridgehead atoms. The van der Waals surface area contributed by atoms with Gasteiger partial charge in [-0.15, -0.1) is 0 Å². The van der Waals surface area contributed by atoms with Crippen molar-refractivity contribution in [1.29, 1.82) is 5.26 Å². The van der Waals surface area contributed by atoms with E-state index in [-0.39, 0.29) is 15.7 Å². The molecule has 0 aliphatic rings.